The fourth-order valence-corrected chi connectivity index (χ4v) is 2.42. The van der Waals surface area contributed by atoms with Crippen molar-refractivity contribution in [1.29, 1.82) is 0 Å². The first-order chi connectivity index (χ1) is 7.35. The van der Waals surface area contributed by atoms with E-state index in [0.717, 1.165) is 16.4 Å². The SMILES string of the molecule is CCc1ccccc1-c1nnc(CCl)s1. The molecule has 2 aromatic rings. The molecule has 0 amide bonds. The summed E-state index contributed by atoms with van der Waals surface area (Å²) >= 11 is 7.27. The normalized spacial score (nSPS) is 10.5. The van der Waals surface area contributed by atoms with Crippen molar-refractivity contribution < 1.29 is 0 Å². The molecule has 0 aliphatic rings. The third kappa shape index (κ3) is 2.19. The van der Waals surface area contributed by atoms with Gasteiger partial charge in [-0.15, -0.1) is 21.8 Å². The molecule has 1 aromatic carbocycles. The van der Waals surface area contributed by atoms with Gasteiger partial charge in [0, 0.05) is 5.56 Å². The molecule has 0 unspecified atom stereocenters. The maximum absolute atomic E-state index is 5.71. The minimum Gasteiger partial charge on any atom is -0.142 e. The van der Waals surface area contributed by atoms with Crippen molar-refractivity contribution in [2.24, 2.45) is 0 Å². The predicted octanol–water partition coefficient (Wildman–Crippen LogP) is 3.51. The summed E-state index contributed by atoms with van der Waals surface area (Å²) in [6.07, 6.45) is 1.01. The Kier molecular flexibility index (Phi) is 3.34. The first-order valence-corrected chi connectivity index (χ1v) is 6.17. The second-order valence-electron chi connectivity index (χ2n) is 3.15. The van der Waals surface area contributed by atoms with Crippen molar-refractivity contribution in [3.05, 3.63) is 34.8 Å². The van der Waals surface area contributed by atoms with Gasteiger partial charge >= 0.3 is 0 Å². The molecule has 15 heavy (non-hydrogen) atoms. The fourth-order valence-electron chi connectivity index (χ4n) is 1.45. The minimum atomic E-state index is 0.436. The standard InChI is InChI=1S/C11H11ClN2S/c1-2-8-5-3-4-6-9(8)11-14-13-10(7-12)15-11/h3-6H,2,7H2,1H3. The number of aryl methyl sites for hydroxylation is 1. The molecule has 4 heteroatoms. The number of hydrogen-bond donors (Lipinski definition) is 0. The summed E-state index contributed by atoms with van der Waals surface area (Å²) in [7, 11) is 0. The molecule has 1 heterocycles. The van der Waals surface area contributed by atoms with Gasteiger partial charge in [-0.05, 0) is 12.0 Å². The average Bonchev–Trinajstić information content (AvgIpc) is 2.77. The largest absolute Gasteiger partial charge is 0.148 e. The van der Waals surface area contributed by atoms with Crippen molar-refractivity contribution in [2.45, 2.75) is 19.2 Å². The number of rotatable bonds is 3. The quantitative estimate of drug-likeness (QED) is 0.765. The second kappa shape index (κ2) is 4.73. The summed E-state index contributed by atoms with van der Waals surface area (Å²) in [5.41, 5.74) is 2.48. The number of nitrogens with zero attached hydrogens (tertiary/aromatic N) is 2. The molecule has 0 N–H and O–H groups in total. The van der Waals surface area contributed by atoms with E-state index < -0.39 is 0 Å². The minimum absolute atomic E-state index is 0.436. The zero-order chi connectivity index (χ0) is 10.7. The van der Waals surface area contributed by atoms with Crippen molar-refractivity contribution in [1.82, 2.24) is 10.2 Å². The maximum atomic E-state index is 5.71. The molecule has 1 aromatic heterocycles. The van der Waals surface area contributed by atoms with Gasteiger partial charge in [0.1, 0.15) is 10.0 Å². The highest BCUT2D eigenvalue weighted by molar-refractivity contribution is 7.14. The van der Waals surface area contributed by atoms with E-state index in [1.807, 2.05) is 12.1 Å². The Bertz CT molecular complexity index is 453. The van der Waals surface area contributed by atoms with Crippen LogP contribution in [0.4, 0.5) is 0 Å². The highest BCUT2D eigenvalue weighted by atomic mass is 35.5. The fraction of sp³-hybridized carbons (Fsp3) is 0.273. The Hall–Kier alpha value is -0.930. The second-order valence-corrected chi connectivity index (χ2v) is 4.47. The molecule has 2 nitrogen and oxygen atoms in total. The van der Waals surface area contributed by atoms with E-state index in [2.05, 4.69) is 29.3 Å². The summed E-state index contributed by atoms with van der Waals surface area (Å²) in [5, 5.41) is 10.0. The van der Waals surface area contributed by atoms with Gasteiger partial charge in [-0.25, -0.2) is 0 Å². The van der Waals surface area contributed by atoms with Crippen LogP contribution in [0.5, 0.6) is 0 Å². The molecule has 0 aliphatic heterocycles. The molecule has 0 radical (unpaired) electrons. The molecule has 2 rings (SSSR count). The molecule has 0 fully saturated rings. The Morgan fingerprint density at radius 1 is 1.27 bits per heavy atom. The van der Waals surface area contributed by atoms with E-state index in [9.17, 15) is 0 Å². The van der Waals surface area contributed by atoms with Crippen LogP contribution in [0.2, 0.25) is 0 Å². The van der Waals surface area contributed by atoms with Crippen molar-refractivity contribution in [3.63, 3.8) is 0 Å². The topological polar surface area (TPSA) is 25.8 Å². The highest BCUT2D eigenvalue weighted by Crippen LogP contribution is 2.27. The third-order valence-corrected chi connectivity index (χ3v) is 3.58. The van der Waals surface area contributed by atoms with Gasteiger partial charge in [-0.2, -0.15) is 0 Å². The Labute approximate surface area is 97.9 Å². The molecule has 0 bridgehead atoms. The van der Waals surface area contributed by atoms with Crippen LogP contribution >= 0.6 is 22.9 Å². The Morgan fingerprint density at radius 2 is 2.07 bits per heavy atom. The van der Waals surface area contributed by atoms with Crippen LogP contribution in [0.3, 0.4) is 0 Å². The molecule has 0 aliphatic carbocycles. The van der Waals surface area contributed by atoms with E-state index in [0.29, 0.717) is 5.88 Å². The van der Waals surface area contributed by atoms with E-state index in [4.69, 9.17) is 11.6 Å². The number of halogens is 1. The van der Waals surface area contributed by atoms with Gasteiger partial charge in [0.25, 0.3) is 0 Å². The Morgan fingerprint density at radius 3 is 2.73 bits per heavy atom. The first kappa shape index (κ1) is 10.6. The highest BCUT2D eigenvalue weighted by Gasteiger charge is 2.08. The predicted molar refractivity (Wildman–Crippen MR) is 64.3 cm³/mol. The lowest BCUT2D eigenvalue weighted by atomic mass is 10.1. The number of hydrogen-bond acceptors (Lipinski definition) is 3. The number of benzene rings is 1. The summed E-state index contributed by atoms with van der Waals surface area (Å²) in [4.78, 5) is 0. The lowest BCUT2D eigenvalue weighted by molar-refractivity contribution is 1.04. The third-order valence-electron chi connectivity index (χ3n) is 2.21. The van der Waals surface area contributed by atoms with Crippen LogP contribution in [0.15, 0.2) is 24.3 Å². The molecule has 0 saturated heterocycles. The summed E-state index contributed by atoms with van der Waals surface area (Å²) < 4.78 is 0. The Balaban J connectivity index is 2.44. The van der Waals surface area contributed by atoms with Crippen LogP contribution in [0.1, 0.15) is 17.5 Å². The first-order valence-electron chi connectivity index (χ1n) is 4.81. The van der Waals surface area contributed by atoms with Crippen LogP contribution in [-0.4, -0.2) is 10.2 Å². The molecule has 0 saturated carbocycles. The summed E-state index contributed by atoms with van der Waals surface area (Å²) in [6, 6.07) is 8.27. The summed E-state index contributed by atoms with van der Waals surface area (Å²) in [6.45, 7) is 2.14. The molecule has 0 atom stereocenters. The van der Waals surface area contributed by atoms with Crippen LogP contribution in [0, 0.1) is 0 Å². The zero-order valence-corrected chi connectivity index (χ0v) is 9.98. The number of alkyl halides is 1. The zero-order valence-electron chi connectivity index (χ0n) is 8.40. The van der Waals surface area contributed by atoms with E-state index in [1.165, 1.54) is 11.1 Å². The molecular weight excluding hydrogens is 228 g/mol. The smallest absolute Gasteiger partial charge is 0.142 e. The summed E-state index contributed by atoms with van der Waals surface area (Å²) in [5.74, 6) is 0.436. The van der Waals surface area contributed by atoms with Gasteiger partial charge in [0.2, 0.25) is 0 Å². The van der Waals surface area contributed by atoms with Crippen LogP contribution in [0.25, 0.3) is 10.6 Å². The van der Waals surface area contributed by atoms with Crippen LogP contribution < -0.4 is 0 Å². The lowest BCUT2D eigenvalue weighted by Gasteiger charge is -2.02. The molecule has 0 spiro atoms. The van der Waals surface area contributed by atoms with Gasteiger partial charge < -0.3 is 0 Å². The van der Waals surface area contributed by atoms with Gasteiger partial charge in [0.05, 0.1) is 5.88 Å². The van der Waals surface area contributed by atoms with Crippen molar-refractivity contribution in [2.75, 3.05) is 0 Å². The average molecular weight is 239 g/mol. The van der Waals surface area contributed by atoms with E-state index >= 15 is 0 Å². The van der Waals surface area contributed by atoms with Crippen molar-refractivity contribution in [3.8, 4) is 10.6 Å². The van der Waals surface area contributed by atoms with Gasteiger partial charge in [0.15, 0.2) is 0 Å². The van der Waals surface area contributed by atoms with Crippen molar-refractivity contribution >= 4 is 22.9 Å². The molecule has 78 valence electrons. The number of aromatic nitrogens is 2. The maximum Gasteiger partial charge on any atom is 0.148 e. The van der Waals surface area contributed by atoms with E-state index in [1.54, 1.807) is 11.3 Å². The monoisotopic (exact) mass is 238 g/mol. The van der Waals surface area contributed by atoms with E-state index in [-0.39, 0.29) is 0 Å². The van der Waals surface area contributed by atoms with Gasteiger partial charge in [-0.1, -0.05) is 42.5 Å². The lowest BCUT2D eigenvalue weighted by Crippen LogP contribution is -1.86. The van der Waals surface area contributed by atoms with Crippen LogP contribution in [-0.2, 0) is 12.3 Å². The van der Waals surface area contributed by atoms with Gasteiger partial charge in [-0.3, -0.25) is 0 Å². The molecular formula is C11H11ClN2S.